The van der Waals surface area contributed by atoms with Crippen LogP contribution in [0.4, 0.5) is 0 Å². The molecule has 14 heavy (non-hydrogen) atoms. The third kappa shape index (κ3) is 2.34. The molecule has 1 rings (SSSR count). The summed E-state index contributed by atoms with van der Waals surface area (Å²) in [6.45, 7) is 6.07. The Morgan fingerprint density at radius 3 is 2.07 bits per heavy atom. The molecule has 1 amide bonds. The van der Waals surface area contributed by atoms with Gasteiger partial charge in [0.2, 0.25) is 5.91 Å². The average molecular weight is 191 g/mol. The van der Waals surface area contributed by atoms with Crippen LogP contribution in [0.1, 0.15) is 32.3 Å². The van der Waals surface area contributed by atoms with Crippen LogP contribution >= 0.6 is 0 Å². The van der Waals surface area contributed by atoms with Crippen molar-refractivity contribution >= 4 is 5.91 Å². The molecule has 76 valence electrons. The Bertz CT molecular complexity index is 311. The molecule has 2 nitrogen and oxygen atoms in total. The van der Waals surface area contributed by atoms with Crippen molar-refractivity contribution in [3.05, 3.63) is 35.9 Å². The predicted molar refractivity (Wildman–Crippen MR) is 57.8 cm³/mol. The van der Waals surface area contributed by atoms with Crippen LogP contribution in [-0.4, -0.2) is 5.91 Å². The number of primary amides is 1. The molecule has 0 fully saturated rings. The SMILES string of the molecule is CC(C)(C)[C@@H](C(N)=O)c1ccccc1. The first kappa shape index (κ1) is 10.8. The molecular weight excluding hydrogens is 174 g/mol. The number of hydrogen-bond acceptors (Lipinski definition) is 1. The van der Waals surface area contributed by atoms with E-state index in [-0.39, 0.29) is 17.2 Å². The van der Waals surface area contributed by atoms with Crippen LogP contribution in [-0.2, 0) is 4.79 Å². The number of nitrogens with two attached hydrogens (primary N) is 1. The van der Waals surface area contributed by atoms with Gasteiger partial charge in [0, 0.05) is 0 Å². The molecule has 0 saturated carbocycles. The Morgan fingerprint density at radius 1 is 1.21 bits per heavy atom. The van der Waals surface area contributed by atoms with Crippen molar-refractivity contribution in [3.63, 3.8) is 0 Å². The van der Waals surface area contributed by atoms with Gasteiger partial charge in [0.05, 0.1) is 5.92 Å². The van der Waals surface area contributed by atoms with Crippen molar-refractivity contribution in [2.45, 2.75) is 26.7 Å². The van der Waals surface area contributed by atoms with Crippen LogP contribution in [0.2, 0.25) is 0 Å². The summed E-state index contributed by atoms with van der Waals surface area (Å²) in [6.07, 6.45) is 0. The zero-order chi connectivity index (χ0) is 10.8. The first-order chi connectivity index (χ1) is 6.43. The second kappa shape index (κ2) is 3.82. The van der Waals surface area contributed by atoms with Crippen molar-refractivity contribution < 1.29 is 4.79 Å². The number of carbonyl (C=O) groups is 1. The number of amides is 1. The summed E-state index contributed by atoms with van der Waals surface area (Å²) in [4.78, 5) is 11.4. The van der Waals surface area contributed by atoms with Crippen LogP contribution in [0.25, 0.3) is 0 Å². The lowest BCUT2D eigenvalue weighted by atomic mass is 9.76. The van der Waals surface area contributed by atoms with E-state index in [1.807, 2.05) is 51.1 Å². The minimum absolute atomic E-state index is 0.132. The Morgan fingerprint density at radius 2 is 1.71 bits per heavy atom. The van der Waals surface area contributed by atoms with E-state index in [1.165, 1.54) is 0 Å². The summed E-state index contributed by atoms with van der Waals surface area (Å²) in [5.74, 6) is -0.479. The lowest BCUT2D eigenvalue weighted by molar-refractivity contribution is -0.121. The number of hydrogen-bond donors (Lipinski definition) is 1. The molecule has 0 heterocycles. The summed E-state index contributed by atoms with van der Waals surface area (Å²) in [5.41, 5.74) is 6.28. The first-order valence-electron chi connectivity index (χ1n) is 4.77. The van der Waals surface area contributed by atoms with E-state index in [0.717, 1.165) is 5.56 Å². The van der Waals surface area contributed by atoms with Gasteiger partial charge in [-0.1, -0.05) is 51.1 Å². The van der Waals surface area contributed by atoms with E-state index in [9.17, 15) is 4.79 Å². The Kier molecular flexibility index (Phi) is 2.94. The molecule has 0 spiro atoms. The van der Waals surface area contributed by atoms with Gasteiger partial charge in [0.15, 0.2) is 0 Å². The normalized spacial score (nSPS) is 13.6. The zero-order valence-corrected chi connectivity index (χ0v) is 8.95. The molecule has 1 aromatic carbocycles. The second-order valence-corrected chi connectivity index (χ2v) is 4.61. The highest BCUT2D eigenvalue weighted by Crippen LogP contribution is 2.34. The largest absolute Gasteiger partial charge is 0.369 e. The molecule has 2 N–H and O–H groups in total. The van der Waals surface area contributed by atoms with Crippen LogP contribution in [0.15, 0.2) is 30.3 Å². The molecule has 1 atom stereocenters. The van der Waals surface area contributed by atoms with Gasteiger partial charge in [0.1, 0.15) is 0 Å². The first-order valence-corrected chi connectivity index (χ1v) is 4.77. The van der Waals surface area contributed by atoms with E-state index in [1.54, 1.807) is 0 Å². The van der Waals surface area contributed by atoms with Gasteiger partial charge in [-0.15, -0.1) is 0 Å². The number of carbonyl (C=O) groups excluding carboxylic acids is 1. The highest BCUT2D eigenvalue weighted by molar-refractivity contribution is 5.82. The summed E-state index contributed by atoms with van der Waals surface area (Å²) in [5, 5.41) is 0. The average Bonchev–Trinajstić information content (AvgIpc) is 2.02. The Labute approximate surface area is 85.1 Å². The van der Waals surface area contributed by atoms with Gasteiger partial charge >= 0.3 is 0 Å². The molecule has 0 bridgehead atoms. The lowest BCUT2D eigenvalue weighted by Crippen LogP contribution is -2.31. The quantitative estimate of drug-likeness (QED) is 0.765. The van der Waals surface area contributed by atoms with Gasteiger partial charge in [-0.2, -0.15) is 0 Å². The highest BCUT2D eigenvalue weighted by Gasteiger charge is 2.30. The second-order valence-electron chi connectivity index (χ2n) is 4.61. The molecule has 0 radical (unpaired) electrons. The van der Waals surface area contributed by atoms with E-state index in [0.29, 0.717) is 0 Å². The summed E-state index contributed by atoms with van der Waals surface area (Å²) < 4.78 is 0. The van der Waals surface area contributed by atoms with Gasteiger partial charge < -0.3 is 5.73 Å². The number of rotatable bonds is 2. The maximum atomic E-state index is 11.4. The minimum Gasteiger partial charge on any atom is -0.369 e. The molecule has 0 aliphatic heterocycles. The standard InChI is InChI=1S/C12H17NO/c1-12(2,3)10(11(13)14)9-7-5-4-6-8-9/h4-8,10H,1-3H3,(H2,13,14)/t10-/m1/s1. The van der Waals surface area contributed by atoms with Crippen molar-refractivity contribution in [2.24, 2.45) is 11.1 Å². The van der Waals surface area contributed by atoms with E-state index in [2.05, 4.69) is 0 Å². The van der Waals surface area contributed by atoms with Crippen molar-refractivity contribution in [3.8, 4) is 0 Å². The third-order valence-electron chi connectivity index (χ3n) is 2.28. The fourth-order valence-corrected chi connectivity index (χ4v) is 1.74. The molecular formula is C12H17NO. The van der Waals surface area contributed by atoms with Crippen LogP contribution < -0.4 is 5.73 Å². The van der Waals surface area contributed by atoms with Crippen molar-refractivity contribution in [1.29, 1.82) is 0 Å². The fourth-order valence-electron chi connectivity index (χ4n) is 1.74. The molecule has 1 aromatic rings. The van der Waals surface area contributed by atoms with Crippen LogP contribution in [0.3, 0.4) is 0 Å². The third-order valence-corrected chi connectivity index (χ3v) is 2.28. The molecule has 0 aliphatic carbocycles. The molecule has 0 unspecified atom stereocenters. The summed E-state index contributed by atoms with van der Waals surface area (Å²) in [6, 6.07) is 9.68. The van der Waals surface area contributed by atoms with Crippen molar-refractivity contribution in [1.82, 2.24) is 0 Å². The van der Waals surface area contributed by atoms with E-state index >= 15 is 0 Å². The predicted octanol–water partition coefficient (Wildman–Crippen LogP) is 2.30. The van der Waals surface area contributed by atoms with Gasteiger partial charge in [-0.05, 0) is 11.0 Å². The summed E-state index contributed by atoms with van der Waals surface area (Å²) >= 11 is 0. The van der Waals surface area contributed by atoms with E-state index < -0.39 is 0 Å². The minimum atomic E-state index is -0.260. The van der Waals surface area contributed by atoms with E-state index in [4.69, 9.17) is 5.73 Å². The lowest BCUT2D eigenvalue weighted by Gasteiger charge is -2.28. The van der Waals surface area contributed by atoms with Gasteiger partial charge in [0.25, 0.3) is 0 Å². The maximum absolute atomic E-state index is 11.4. The van der Waals surface area contributed by atoms with Crippen LogP contribution in [0, 0.1) is 5.41 Å². The summed E-state index contributed by atoms with van der Waals surface area (Å²) in [7, 11) is 0. The fraction of sp³-hybridized carbons (Fsp3) is 0.417. The van der Waals surface area contributed by atoms with Gasteiger partial charge in [-0.25, -0.2) is 0 Å². The topological polar surface area (TPSA) is 43.1 Å². The zero-order valence-electron chi connectivity index (χ0n) is 8.95. The Balaban J connectivity index is 3.08. The van der Waals surface area contributed by atoms with Crippen LogP contribution in [0.5, 0.6) is 0 Å². The molecule has 0 saturated heterocycles. The monoisotopic (exact) mass is 191 g/mol. The Hall–Kier alpha value is -1.31. The molecule has 0 aliphatic rings. The van der Waals surface area contributed by atoms with Gasteiger partial charge in [-0.3, -0.25) is 4.79 Å². The smallest absolute Gasteiger partial charge is 0.225 e. The molecule has 0 aromatic heterocycles. The molecule has 2 heteroatoms. The number of benzene rings is 1. The maximum Gasteiger partial charge on any atom is 0.225 e. The van der Waals surface area contributed by atoms with Crippen molar-refractivity contribution in [2.75, 3.05) is 0 Å². The highest BCUT2D eigenvalue weighted by atomic mass is 16.1.